The first-order valence-corrected chi connectivity index (χ1v) is 3.37. The lowest BCUT2D eigenvalue weighted by Gasteiger charge is -1.80. The smallest absolute Gasteiger partial charge is 0.327 e. The van der Waals surface area contributed by atoms with E-state index in [0.29, 0.717) is 10.4 Å². The predicted molar refractivity (Wildman–Crippen MR) is 40.5 cm³/mol. The first-order chi connectivity index (χ1) is 4.54. The minimum absolute atomic E-state index is 0.434. The molecule has 0 rings (SSSR count). The fourth-order valence-electron chi connectivity index (χ4n) is 0. The normalized spacial score (nSPS) is 6.80. The molecule has 10 heavy (non-hydrogen) atoms. The van der Waals surface area contributed by atoms with Crippen LogP contribution in [-0.4, -0.2) is 27.5 Å². The van der Waals surface area contributed by atoms with Gasteiger partial charge in [0, 0.05) is 6.08 Å². The molecule has 0 aliphatic heterocycles. The molecule has 0 fully saturated rings. The van der Waals surface area contributed by atoms with E-state index in [9.17, 15) is 9.59 Å². The molecular weight excluding hydrogens is 152 g/mol. The van der Waals surface area contributed by atoms with E-state index in [-0.39, 0.29) is 0 Å². The summed E-state index contributed by atoms with van der Waals surface area (Å²) in [7, 11) is 0.649. The van der Waals surface area contributed by atoms with Crippen molar-refractivity contribution in [3.05, 3.63) is 12.7 Å². The molecule has 0 aromatic carbocycles. The van der Waals surface area contributed by atoms with E-state index in [2.05, 4.69) is 17.3 Å². The van der Waals surface area contributed by atoms with Gasteiger partial charge in [0.2, 0.25) is 0 Å². The quantitative estimate of drug-likeness (QED) is 0.313. The number of carboxylic acid groups (broad SMARTS) is 1. The number of aliphatic carboxylic acids is 1. The van der Waals surface area contributed by atoms with Crippen LogP contribution in [0, 0.1) is 0 Å². The molecular formula is C4H10N2O3Si. The maximum atomic E-state index is 9.51. The van der Waals surface area contributed by atoms with E-state index in [1.807, 2.05) is 0 Å². The van der Waals surface area contributed by atoms with E-state index in [0.717, 1.165) is 6.08 Å². The molecule has 0 aromatic heterocycles. The van der Waals surface area contributed by atoms with Crippen molar-refractivity contribution >= 4 is 22.4 Å². The number of hydrogen-bond acceptors (Lipinski definition) is 2. The Bertz CT molecular complexity index is 136. The molecule has 0 heterocycles. The van der Waals surface area contributed by atoms with Crippen LogP contribution >= 0.6 is 0 Å². The monoisotopic (exact) mass is 162 g/mol. The lowest BCUT2D eigenvalue weighted by Crippen LogP contribution is -2.26. The summed E-state index contributed by atoms with van der Waals surface area (Å²) in [4.78, 5) is 21.1. The Kier molecular flexibility index (Phi) is 8.84. The third-order valence-corrected chi connectivity index (χ3v) is 0.914. The Balaban J connectivity index is 0. The average molecular weight is 162 g/mol. The molecule has 6 heteroatoms. The molecule has 0 atom stereocenters. The van der Waals surface area contributed by atoms with Crippen LogP contribution in [-0.2, 0) is 4.79 Å². The number of hydrogen-bond donors (Lipinski definition) is 3. The number of nitrogens with two attached hydrogens (primary N) is 1. The highest BCUT2D eigenvalue weighted by Gasteiger charge is 1.73. The van der Waals surface area contributed by atoms with Gasteiger partial charge in [-0.15, -0.1) is 0 Å². The molecule has 0 saturated heterocycles. The molecule has 2 amide bonds. The SMILES string of the molecule is C=CC(=O)O.NC(=O)N[SiH3]. The molecule has 0 radical (unpaired) electrons. The average Bonchev–Trinajstić information content (AvgIpc) is 1.89. The van der Waals surface area contributed by atoms with Crippen LogP contribution in [0.3, 0.4) is 0 Å². The van der Waals surface area contributed by atoms with Gasteiger partial charge in [0.1, 0.15) is 10.4 Å². The maximum absolute atomic E-state index is 9.51. The lowest BCUT2D eigenvalue weighted by atomic mass is 10.7. The van der Waals surface area contributed by atoms with Crippen LogP contribution in [0.5, 0.6) is 0 Å². The van der Waals surface area contributed by atoms with Crippen LogP contribution < -0.4 is 10.7 Å². The highest BCUT2D eigenvalue weighted by molar-refractivity contribution is 6.13. The maximum Gasteiger partial charge on any atom is 0.327 e. The molecule has 0 spiro atoms. The van der Waals surface area contributed by atoms with Gasteiger partial charge in [-0.25, -0.2) is 4.79 Å². The molecule has 58 valence electrons. The van der Waals surface area contributed by atoms with E-state index in [1.165, 1.54) is 0 Å². The van der Waals surface area contributed by atoms with Gasteiger partial charge in [0.05, 0.1) is 0 Å². The van der Waals surface area contributed by atoms with E-state index in [4.69, 9.17) is 5.11 Å². The minimum atomic E-state index is -0.981. The zero-order valence-corrected chi connectivity index (χ0v) is 7.63. The highest BCUT2D eigenvalue weighted by atomic mass is 28.2. The van der Waals surface area contributed by atoms with Gasteiger partial charge >= 0.3 is 12.0 Å². The summed E-state index contributed by atoms with van der Waals surface area (Å²) in [6.07, 6.45) is 0.833. The number of nitrogens with one attached hydrogen (secondary N) is 1. The van der Waals surface area contributed by atoms with E-state index < -0.39 is 12.0 Å². The van der Waals surface area contributed by atoms with E-state index >= 15 is 0 Å². The predicted octanol–water partition coefficient (Wildman–Crippen LogP) is -1.81. The molecule has 0 bridgehead atoms. The van der Waals surface area contributed by atoms with Gasteiger partial charge in [0.25, 0.3) is 0 Å². The highest BCUT2D eigenvalue weighted by Crippen LogP contribution is 1.54. The number of carbonyl (C=O) groups is 2. The zero-order chi connectivity index (χ0) is 8.57. The van der Waals surface area contributed by atoms with Gasteiger partial charge in [-0.1, -0.05) is 6.58 Å². The van der Waals surface area contributed by atoms with Crippen molar-refractivity contribution in [1.29, 1.82) is 0 Å². The topological polar surface area (TPSA) is 92.4 Å². The van der Waals surface area contributed by atoms with Crippen molar-refractivity contribution in [3.63, 3.8) is 0 Å². The van der Waals surface area contributed by atoms with Gasteiger partial charge in [-0.3, -0.25) is 4.79 Å². The summed E-state index contributed by atoms with van der Waals surface area (Å²) in [5, 5.41) is 7.60. The van der Waals surface area contributed by atoms with Crippen LogP contribution in [0.1, 0.15) is 0 Å². The summed E-state index contributed by atoms with van der Waals surface area (Å²) in [6, 6.07) is -0.434. The zero-order valence-electron chi connectivity index (χ0n) is 5.63. The van der Waals surface area contributed by atoms with Crippen molar-refractivity contribution in [2.24, 2.45) is 5.73 Å². The molecule has 0 aromatic rings. The Morgan fingerprint density at radius 2 is 1.90 bits per heavy atom. The first kappa shape index (κ1) is 11.5. The number of carbonyl (C=O) groups excluding carboxylic acids is 1. The van der Waals surface area contributed by atoms with Crippen molar-refractivity contribution < 1.29 is 14.7 Å². The summed E-state index contributed by atoms with van der Waals surface area (Å²) in [6.45, 7) is 2.96. The summed E-state index contributed by atoms with van der Waals surface area (Å²) in [5.74, 6) is -0.981. The molecule has 0 saturated carbocycles. The van der Waals surface area contributed by atoms with Crippen molar-refractivity contribution in [3.8, 4) is 0 Å². The molecule has 0 aliphatic rings. The summed E-state index contributed by atoms with van der Waals surface area (Å²) < 4.78 is 0. The second kappa shape index (κ2) is 7.70. The van der Waals surface area contributed by atoms with Crippen LogP contribution in [0.25, 0.3) is 0 Å². The van der Waals surface area contributed by atoms with Gasteiger partial charge in [-0.2, -0.15) is 0 Å². The summed E-state index contributed by atoms with van der Waals surface area (Å²) >= 11 is 0. The number of rotatable bonds is 1. The number of amides is 2. The molecule has 0 aliphatic carbocycles. The Morgan fingerprint density at radius 3 is 1.90 bits per heavy atom. The van der Waals surface area contributed by atoms with Gasteiger partial charge < -0.3 is 15.8 Å². The van der Waals surface area contributed by atoms with Crippen LogP contribution in [0.2, 0.25) is 0 Å². The Labute approximate surface area is 61.4 Å². The van der Waals surface area contributed by atoms with Crippen molar-refractivity contribution in [1.82, 2.24) is 4.98 Å². The van der Waals surface area contributed by atoms with Gasteiger partial charge in [0.15, 0.2) is 0 Å². The largest absolute Gasteiger partial charge is 0.478 e. The lowest BCUT2D eigenvalue weighted by molar-refractivity contribution is -0.131. The van der Waals surface area contributed by atoms with Crippen molar-refractivity contribution in [2.45, 2.75) is 0 Å². The molecule has 4 N–H and O–H groups in total. The van der Waals surface area contributed by atoms with Crippen molar-refractivity contribution in [2.75, 3.05) is 0 Å². The Hall–Kier alpha value is -1.30. The first-order valence-electron chi connectivity index (χ1n) is 2.37. The third-order valence-electron chi connectivity index (χ3n) is 0.421. The minimum Gasteiger partial charge on any atom is -0.478 e. The standard InChI is InChI=1S/C3H4O2.CH6N2OSi/c1-2-3(4)5;2-1(4)3-5/h2H,1H2,(H,4,5);5H3,(H3,2,3,4). The number of primary amides is 1. The third kappa shape index (κ3) is 29.9. The van der Waals surface area contributed by atoms with Gasteiger partial charge in [-0.05, 0) is 0 Å². The van der Waals surface area contributed by atoms with Crippen LogP contribution in [0.4, 0.5) is 4.79 Å². The van der Waals surface area contributed by atoms with Crippen LogP contribution in [0.15, 0.2) is 12.7 Å². The number of carboxylic acids is 1. The second-order valence-electron chi connectivity index (χ2n) is 1.16. The fourth-order valence-corrected chi connectivity index (χ4v) is 0. The summed E-state index contributed by atoms with van der Waals surface area (Å²) in [5.41, 5.74) is 4.58. The second-order valence-corrected chi connectivity index (χ2v) is 1.66. The van der Waals surface area contributed by atoms with E-state index in [1.54, 1.807) is 0 Å². The molecule has 0 unspecified atom stereocenters. The Morgan fingerprint density at radius 1 is 1.70 bits per heavy atom. The fraction of sp³-hybridized carbons (Fsp3) is 0. The number of urea groups is 1. The molecule has 5 nitrogen and oxygen atoms in total.